The third kappa shape index (κ3) is 2.85. The van der Waals surface area contributed by atoms with Gasteiger partial charge in [0.2, 0.25) is 0 Å². The molecule has 3 nitrogen and oxygen atoms in total. The highest BCUT2D eigenvalue weighted by atomic mass is 16.3. The van der Waals surface area contributed by atoms with Crippen LogP contribution in [-0.4, -0.2) is 14.7 Å². The molecule has 92 valence electrons. The summed E-state index contributed by atoms with van der Waals surface area (Å²) in [4.78, 5) is 4.32. The second kappa shape index (κ2) is 6.04. The van der Waals surface area contributed by atoms with Gasteiger partial charge in [0.15, 0.2) is 0 Å². The first kappa shape index (κ1) is 13.2. The lowest BCUT2D eigenvalue weighted by Gasteiger charge is -2.25. The topological polar surface area (TPSA) is 38.0 Å². The van der Waals surface area contributed by atoms with Gasteiger partial charge in [0, 0.05) is 18.9 Å². The molecule has 0 aliphatic heterocycles. The van der Waals surface area contributed by atoms with E-state index in [1.54, 1.807) is 6.20 Å². The van der Waals surface area contributed by atoms with Gasteiger partial charge in [0.05, 0.1) is 0 Å². The first-order chi connectivity index (χ1) is 7.68. The molecular formula is C13H24N2O. The normalized spacial score (nSPS) is 12.0. The fourth-order valence-electron chi connectivity index (χ4n) is 2.00. The standard InChI is InChI=1S/C13H24N2O/c1-4-7-8-10-15-11-9-14-12(15)13(16,5-2)6-3/h9,11,16H,4-8,10H2,1-3H3. The van der Waals surface area contributed by atoms with Crippen LogP contribution in [-0.2, 0) is 12.1 Å². The van der Waals surface area contributed by atoms with Crippen molar-refractivity contribution >= 4 is 0 Å². The largest absolute Gasteiger partial charge is 0.382 e. The van der Waals surface area contributed by atoms with E-state index < -0.39 is 5.60 Å². The van der Waals surface area contributed by atoms with E-state index >= 15 is 0 Å². The summed E-state index contributed by atoms with van der Waals surface area (Å²) < 4.78 is 2.10. The van der Waals surface area contributed by atoms with E-state index in [0.29, 0.717) is 12.8 Å². The second-order valence-electron chi connectivity index (χ2n) is 4.39. The van der Waals surface area contributed by atoms with Gasteiger partial charge in [-0.05, 0) is 19.3 Å². The van der Waals surface area contributed by atoms with Crippen LogP contribution in [0.4, 0.5) is 0 Å². The van der Waals surface area contributed by atoms with Crippen molar-refractivity contribution in [3.63, 3.8) is 0 Å². The van der Waals surface area contributed by atoms with E-state index in [1.165, 1.54) is 12.8 Å². The Labute approximate surface area is 98.5 Å². The summed E-state index contributed by atoms with van der Waals surface area (Å²) in [6, 6.07) is 0. The Balaban J connectivity index is 2.76. The molecule has 0 fully saturated rings. The summed E-state index contributed by atoms with van der Waals surface area (Å²) in [5, 5.41) is 10.4. The quantitative estimate of drug-likeness (QED) is 0.723. The van der Waals surface area contributed by atoms with Crippen LogP contribution in [0.2, 0.25) is 0 Å². The number of unbranched alkanes of at least 4 members (excludes halogenated alkanes) is 2. The smallest absolute Gasteiger partial charge is 0.140 e. The lowest BCUT2D eigenvalue weighted by molar-refractivity contribution is 0.0157. The lowest BCUT2D eigenvalue weighted by atomic mass is 9.96. The maximum Gasteiger partial charge on any atom is 0.140 e. The Hall–Kier alpha value is -0.830. The van der Waals surface area contributed by atoms with Gasteiger partial charge in [-0.15, -0.1) is 0 Å². The van der Waals surface area contributed by atoms with Crippen molar-refractivity contribution in [1.82, 2.24) is 9.55 Å². The summed E-state index contributed by atoms with van der Waals surface area (Å²) in [5.74, 6) is 0.827. The maximum atomic E-state index is 10.4. The third-order valence-corrected chi connectivity index (χ3v) is 3.30. The summed E-state index contributed by atoms with van der Waals surface area (Å²) in [7, 11) is 0. The molecule has 0 saturated heterocycles. The molecule has 0 aromatic carbocycles. The second-order valence-corrected chi connectivity index (χ2v) is 4.39. The first-order valence-corrected chi connectivity index (χ1v) is 6.42. The average Bonchev–Trinajstić information content (AvgIpc) is 2.77. The minimum Gasteiger partial charge on any atom is -0.382 e. The van der Waals surface area contributed by atoms with E-state index in [2.05, 4.69) is 16.5 Å². The van der Waals surface area contributed by atoms with Gasteiger partial charge >= 0.3 is 0 Å². The van der Waals surface area contributed by atoms with Crippen LogP contribution in [0.5, 0.6) is 0 Å². The number of nitrogens with zero attached hydrogens (tertiary/aromatic N) is 2. The van der Waals surface area contributed by atoms with Crippen molar-refractivity contribution in [2.45, 2.75) is 65.0 Å². The first-order valence-electron chi connectivity index (χ1n) is 6.42. The van der Waals surface area contributed by atoms with Crippen molar-refractivity contribution in [3.8, 4) is 0 Å². The fourth-order valence-corrected chi connectivity index (χ4v) is 2.00. The fraction of sp³-hybridized carbons (Fsp3) is 0.769. The van der Waals surface area contributed by atoms with Gasteiger partial charge in [-0.3, -0.25) is 0 Å². The Morgan fingerprint density at radius 1 is 1.25 bits per heavy atom. The minimum atomic E-state index is -0.754. The molecule has 0 bridgehead atoms. The van der Waals surface area contributed by atoms with Crippen molar-refractivity contribution in [2.75, 3.05) is 0 Å². The molecule has 0 amide bonds. The van der Waals surface area contributed by atoms with Crippen molar-refractivity contribution in [3.05, 3.63) is 18.2 Å². The van der Waals surface area contributed by atoms with Gasteiger partial charge in [-0.1, -0.05) is 33.6 Å². The number of hydrogen-bond acceptors (Lipinski definition) is 2. The number of aliphatic hydroxyl groups is 1. The zero-order valence-electron chi connectivity index (χ0n) is 10.7. The van der Waals surface area contributed by atoms with Crippen LogP contribution in [0.15, 0.2) is 12.4 Å². The highest BCUT2D eigenvalue weighted by Crippen LogP contribution is 2.27. The molecule has 0 aliphatic rings. The molecule has 1 rings (SSSR count). The van der Waals surface area contributed by atoms with Crippen LogP contribution >= 0.6 is 0 Å². The molecule has 0 spiro atoms. The Morgan fingerprint density at radius 2 is 1.94 bits per heavy atom. The molecule has 1 aromatic heterocycles. The van der Waals surface area contributed by atoms with Crippen molar-refractivity contribution in [2.24, 2.45) is 0 Å². The van der Waals surface area contributed by atoms with E-state index in [-0.39, 0.29) is 0 Å². The molecule has 16 heavy (non-hydrogen) atoms. The highest BCUT2D eigenvalue weighted by Gasteiger charge is 2.29. The zero-order chi connectivity index (χ0) is 12.0. The number of imidazole rings is 1. The summed E-state index contributed by atoms with van der Waals surface area (Å²) in [5.41, 5.74) is -0.754. The summed E-state index contributed by atoms with van der Waals surface area (Å²) in [6.45, 7) is 7.18. The molecule has 0 saturated carbocycles. The number of aryl methyl sites for hydroxylation is 1. The molecule has 1 aromatic rings. The molecule has 0 atom stereocenters. The van der Waals surface area contributed by atoms with E-state index in [1.807, 2.05) is 20.0 Å². The number of aromatic nitrogens is 2. The molecule has 1 heterocycles. The van der Waals surface area contributed by atoms with Gasteiger partial charge in [0.1, 0.15) is 11.4 Å². The average molecular weight is 224 g/mol. The van der Waals surface area contributed by atoms with Crippen LogP contribution < -0.4 is 0 Å². The highest BCUT2D eigenvalue weighted by molar-refractivity contribution is 5.04. The molecule has 0 aliphatic carbocycles. The van der Waals surface area contributed by atoms with Crippen molar-refractivity contribution in [1.29, 1.82) is 0 Å². The Morgan fingerprint density at radius 3 is 2.50 bits per heavy atom. The van der Waals surface area contributed by atoms with Crippen LogP contribution in [0.25, 0.3) is 0 Å². The summed E-state index contributed by atoms with van der Waals surface area (Å²) >= 11 is 0. The molecule has 0 radical (unpaired) electrons. The van der Waals surface area contributed by atoms with E-state index in [9.17, 15) is 5.11 Å². The zero-order valence-corrected chi connectivity index (χ0v) is 10.7. The third-order valence-electron chi connectivity index (χ3n) is 3.30. The minimum absolute atomic E-state index is 0.717. The molecule has 1 N–H and O–H groups in total. The van der Waals surface area contributed by atoms with E-state index in [0.717, 1.165) is 18.8 Å². The van der Waals surface area contributed by atoms with Gasteiger partial charge in [-0.25, -0.2) is 4.98 Å². The Bertz CT molecular complexity index is 303. The SMILES string of the molecule is CCCCCn1ccnc1C(O)(CC)CC. The van der Waals surface area contributed by atoms with Crippen LogP contribution in [0.1, 0.15) is 58.7 Å². The maximum absolute atomic E-state index is 10.4. The van der Waals surface area contributed by atoms with Crippen LogP contribution in [0.3, 0.4) is 0 Å². The predicted molar refractivity (Wildman–Crippen MR) is 66.2 cm³/mol. The molecule has 0 unspecified atom stereocenters. The van der Waals surface area contributed by atoms with Gasteiger partial charge in [0.25, 0.3) is 0 Å². The number of rotatable bonds is 7. The molecule has 3 heteroatoms. The van der Waals surface area contributed by atoms with Crippen LogP contribution in [0, 0.1) is 0 Å². The van der Waals surface area contributed by atoms with Gasteiger partial charge in [-0.2, -0.15) is 0 Å². The molecular weight excluding hydrogens is 200 g/mol. The number of hydrogen-bond donors (Lipinski definition) is 1. The summed E-state index contributed by atoms with van der Waals surface area (Å²) in [6.07, 6.45) is 8.80. The Kier molecular flexibility index (Phi) is 5.00. The van der Waals surface area contributed by atoms with Gasteiger partial charge < -0.3 is 9.67 Å². The van der Waals surface area contributed by atoms with E-state index in [4.69, 9.17) is 0 Å². The van der Waals surface area contributed by atoms with Crippen molar-refractivity contribution < 1.29 is 5.11 Å². The monoisotopic (exact) mass is 224 g/mol. The predicted octanol–water partition coefficient (Wildman–Crippen LogP) is 3.08. The lowest BCUT2D eigenvalue weighted by Crippen LogP contribution is -2.28.